The molecule has 0 heterocycles. The Morgan fingerprint density at radius 1 is 0.611 bits per heavy atom. The third-order valence-corrected chi connectivity index (χ3v) is 5.99. The fraction of sp³-hybridized carbons (Fsp3) is 0.250. The Labute approximate surface area is 118 Å². The molecule has 18 heavy (non-hydrogen) atoms. The lowest BCUT2D eigenvalue weighted by Crippen LogP contribution is -1.84. The summed E-state index contributed by atoms with van der Waals surface area (Å²) in [6, 6.07) is 13.0. The maximum Gasteiger partial charge on any atom is 0.0218 e. The molecule has 0 aliphatic carbocycles. The van der Waals surface area contributed by atoms with Crippen LogP contribution in [0.1, 0.15) is 22.3 Å². The van der Waals surface area contributed by atoms with Crippen molar-refractivity contribution in [1.82, 2.24) is 0 Å². The van der Waals surface area contributed by atoms with E-state index in [-0.39, 0.29) is 0 Å². The van der Waals surface area contributed by atoms with Gasteiger partial charge in [-0.25, -0.2) is 0 Å². The predicted molar refractivity (Wildman–Crippen MR) is 83.5 cm³/mol. The second-order valence-electron chi connectivity index (χ2n) is 4.56. The largest absolute Gasteiger partial charge is 0.0608 e. The summed E-state index contributed by atoms with van der Waals surface area (Å²) in [6.07, 6.45) is 0. The third-order valence-electron chi connectivity index (χ3n) is 3.33. The number of hydrogen-bond donors (Lipinski definition) is 0. The molecule has 0 aliphatic rings. The van der Waals surface area contributed by atoms with Gasteiger partial charge in [0.1, 0.15) is 0 Å². The van der Waals surface area contributed by atoms with Crippen molar-refractivity contribution < 1.29 is 0 Å². The molecule has 0 fully saturated rings. The normalized spacial score (nSPS) is 10.7. The van der Waals surface area contributed by atoms with Crippen LogP contribution < -0.4 is 0 Å². The lowest BCUT2D eigenvalue weighted by atomic mass is 10.1. The second kappa shape index (κ2) is 5.85. The standard InChI is InChI=1S/C16H18S2/c1-11-7-5-9-15(13(11)3)17-18-16-10-6-8-12(2)14(16)4/h5-10H,1-4H3. The molecule has 0 radical (unpaired) electrons. The van der Waals surface area contributed by atoms with E-state index >= 15 is 0 Å². The molecule has 0 saturated carbocycles. The van der Waals surface area contributed by atoms with Gasteiger partial charge in [0.25, 0.3) is 0 Å². The molecule has 2 heteroatoms. The van der Waals surface area contributed by atoms with Gasteiger partial charge in [-0.05, 0) is 62.1 Å². The highest BCUT2D eigenvalue weighted by molar-refractivity contribution is 8.76. The Kier molecular flexibility index (Phi) is 4.41. The van der Waals surface area contributed by atoms with Gasteiger partial charge >= 0.3 is 0 Å². The number of aryl methyl sites for hydroxylation is 2. The summed E-state index contributed by atoms with van der Waals surface area (Å²) in [7, 11) is 3.71. The van der Waals surface area contributed by atoms with Gasteiger partial charge in [-0.15, -0.1) is 0 Å². The van der Waals surface area contributed by atoms with Crippen LogP contribution in [0.15, 0.2) is 46.2 Å². The van der Waals surface area contributed by atoms with Crippen LogP contribution in [0.3, 0.4) is 0 Å². The lowest BCUT2D eigenvalue weighted by Gasteiger charge is -2.10. The Morgan fingerprint density at radius 3 is 1.39 bits per heavy atom. The highest BCUT2D eigenvalue weighted by atomic mass is 33.1. The van der Waals surface area contributed by atoms with Gasteiger partial charge in [0.05, 0.1) is 0 Å². The van der Waals surface area contributed by atoms with Crippen LogP contribution in [0.2, 0.25) is 0 Å². The summed E-state index contributed by atoms with van der Waals surface area (Å²) in [4.78, 5) is 2.72. The summed E-state index contributed by atoms with van der Waals surface area (Å²) in [5, 5.41) is 0. The van der Waals surface area contributed by atoms with Crippen LogP contribution in [0.4, 0.5) is 0 Å². The van der Waals surface area contributed by atoms with Crippen LogP contribution in [-0.4, -0.2) is 0 Å². The Morgan fingerprint density at radius 2 is 1.00 bits per heavy atom. The molecule has 0 aromatic heterocycles. The molecule has 2 rings (SSSR count). The Bertz CT molecular complexity index is 508. The fourth-order valence-corrected chi connectivity index (χ4v) is 4.36. The minimum Gasteiger partial charge on any atom is -0.0608 e. The van der Waals surface area contributed by atoms with E-state index in [0.29, 0.717) is 0 Å². The molecular weight excluding hydrogens is 256 g/mol. The predicted octanol–water partition coefficient (Wildman–Crippen LogP) is 5.72. The average Bonchev–Trinajstić information content (AvgIpc) is 2.36. The minimum atomic E-state index is 1.36. The quantitative estimate of drug-likeness (QED) is 0.656. The average molecular weight is 274 g/mol. The molecule has 0 atom stereocenters. The molecular formula is C16H18S2. The van der Waals surface area contributed by atoms with E-state index in [2.05, 4.69) is 64.1 Å². The molecule has 0 spiro atoms. The van der Waals surface area contributed by atoms with Crippen molar-refractivity contribution in [2.45, 2.75) is 37.5 Å². The molecule has 0 unspecified atom stereocenters. The molecule has 2 aromatic rings. The number of benzene rings is 2. The zero-order valence-electron chi connectivity index (χ0n) is 11.3. The first kappa shape index (κ1) is 13.6. The molecule has 94 valence electrons. The first-order valence-electron chi connectivity index (χ1n) is 6.06. The zero-order chi connectivity index (χ0) is 13.1. The summed E-state index contributed by atoms with van der Waals surface area (Å²) >= 11 is 0. The maximum absolute atomic E-state index is 2.20. The van der Waals surface area contributed by atoms with E-state index < -0.39 is 0 Å². The van der Waals surface area contributed by atoms with E-state index in [1.54, 1.807) is 0 Å². The molecule has 0 saturated heterocycles. The second-order valence-corrected chi connectivity index (χ2v) is 6.78. The maximum atomic E-state index is 2.20. The van der Waals surface area contributed by atoms with E-state index in [1.807, 2.05) is 21.6 Å². The van der Waals surface area contributed by atoms with Crippen LogP contribution in [0.5, 0.6) is 0 Å². The molecule has 0 amide bonds. The van der Waals surface area contributed by atoms with Crippen molar-refractivity contribution in [3.63, 3.8) is 0 Å². The highest BCUT2D eigenvalue weighted by Crippen LogP contribution is 2.41. The zero-order valence-corrected chi connectivity index (χ0v) is 12.9. The van der Waals surface area contributed by atoms with Gasteiger partial charge in [-0.2, -0.15) is 0 Å². The fourth-order valence-electron chi connectivity index (χ4n) is 1.72. The van der Waals surface area contributed by atoms with Gasteiger partial charge in [0.15, 0.2) is 0 Å². The summed E-state index contributed by atoms with van der Waals surface area (Å²) in [5.41, 5.74) is 5.50. The Hall–Kier alpha value is -0.860. The molecule has 0 bridgehead atoms. The minimum absolute atomic E-state index is 1.36. The van der Waals surface area contributed by atoms with Crippen LogP contribution >= 0.6 is 21.6 Å². The Balaban J connectivity index is 2.17. The van der Waals surface area contributed by atoms with Crippen LogP contribution in [0, 0.1) is 27.7 Å². The SMILES string of the molecule is Cc1cccc(SSc2cccc(C)c2C)c1C. The highest BCUT2D eigenvalue weighted by Gasteiger charge is 2.05. The van der Waals surface area contributed by atoms with E-state index in [4.69, 9.17) is 0 Å². The van der Waals surface area contributed by atoms with Gasteiger partial charge in [-0.1, -0.05) is 45.9 Å². The first-order valence-corrected chi connectivity index (χ1v) is 8.21. The summed E-state index contributed by atoms with van der Waals surface area (Å²) in [6.45, 7) is 8.73. The van der Waals surface area contributed by atoms with Crippen LogP contribution in [-0.2, 0) is 0 Å². The topological polar surface area (TPSA) is 0 Å². The number of hydrogen-bond acceptors (Lipinski definition) is 2. The van der Waals surface area contributed by atoms with E-state index in [0.717, 1.165) is 0 Å². The first-order chi connectivity index (χ1) is 8.59. The van der Waals surface area contributed by atoms with Crippen molar-refractivity contribution in [2.24, 2.45) is 0 Å². The van der Waals surface area contributed by atoms with Gasteiger partial charge in [0.2, 0.25) is 0 Å². The smallest absolute Gasteiger partial charge is 0.0218 e. The van der Waals surface area contributed by atoms with E-state index in [1.165, 1.54) is 32.0 Å². The van der Waals surface area contributed by atoms with Crippen LogP contribution in [0.25, 0.3) is 0 Å². The van der Waals surface area contributed by atoms with Crippen molar-refractivity contribution >= 4 is 21.6 Å². The van der Waals surface area contributed by atoms with Crippen molar-refractivity contribution in [3.8, 4) is 0 Å². The van der Waals surface area contributed by atoms with Crippen molar-refractivity contribution in [2.75, 3.05) is 0 Å². The van der Waals surface area contributed by atoms with Crippen molar-refractivity contribution in [1.29, 1.82) is 0 Å². The summed E-state index contributed by atoms with van der Waals surface area (Å²) in [5.74, 6) is 0. The van der Waals surface area contributed by atoms with Gasteiger partial charge in [-0.3, -0.25) is 0 Å². The van der Waals surface area contributed by atoms with E-state index in [9.17, 15) is 0 Å². The van der Waals surface area contributed by atoms with Gasteiger partial charge < -0.3 is 0 Å². The summed E-state index contributed by atoms with van der Waals surface area (Å²) < 4.78 is 0. The third kappa shape index (κ3) is 2.93. The number of rotatable bonds is 3. The van der Waals surface area contributed by atoms with Crippen molar-refractivity contribution in [3.05, 3.63) is 58.7 Å². The lowest BCUT2D eigenvalue weighted by molar-refractivity contribution is 1.23. The molecule has 2 aromatic carbocycles. The van der Waals surface area contributed by atoms with Gasteiger partial charge in [0, 0.05) is 9.79 Å². The molecule has 0 N–H and O–H groups in total. The molecule has 0 nitrogen and oxygen atoms in total. The molecule has 0 aliphatic heterocycles. The monoisotopic (exact) mass is 274 g/mol.